The smallest absolute Gasteiger partial charge is 0.107 e. The minimum atomic E-state index is -0.284. The van der Waals surface area contributed by atoms with E-state index in [1.807, 2.05) is 0 Å². The minimum Gasteiger partial charge on any atom is -0.378 e. The Kier molecular flexibility index (Phi) is 4.70. The van der Waals surface area contributed by atoms with Gasteiger partial charge in [-0.15, -0.1) is 0 Å². The molecule has 0 aromatic rings. The van der Waals surface area contributed by atoms with E-state index in [1.165, 1.54) is 0 Å². The fourth-order valence-corrected chi connectivity index (χ4v) is 1.80. The molecule has 0 spiro atoms. The number of piperidine rings is 1. The predicted molar refractivity (Wildman–Crippen MR) is 54.5 cm³/mol. The monoisotopic (exact) mass is 186 g/mol. The van der Waals surface area contributed by atoms with Crippen LogP contribution in [-0.2, 0) is 0 Å². The average Bonchev–Trinajstić information content (AvgIpc) is 2.15. The van der Waals surface area contributed by atoms with E-state index in [-0.39, 0.29) is 6.23 Å². The highest BCUT2D eigenvalue weighted by molar-refractivity contribution is 4.74. The molecule has 1 rings (SSSR count). The number of nitrogens with zero attached hydrogens (tertiary/aromatic N) is 1. The molecule has 1 heterocycles. The van der Waals surface area contributed by atoms with Crippen molar-refractivity contribution in [3.8, 4) is 0 Å². The molecule has 3 nitrogen and oxygen atoms in total. The predicted octanol–water partition coefficient (Wildman–Crippen LogP) is 0.646. The Balaban J connectivity index is 2.19. The number of likely N-dealkylation sites (tertiary alicyclic amines) is 1. The third-order valence-corrected chi connectivity index (χ3v) is 2.81. The average molecular weight is 186 g/mol. The molecule has 1 aliphatic heterocycles. The lowest BCUT2D eigenvalue weighted by Crippen LogP contribution is -2.42. The second kappa shape index (κ2) is 5.58. The van der Waals surface area contributed by atoms with Crippen LogP contribution >= 0.6 is 0 Å². The first-order valence-corrected chi connectivity index (χ1v) is 5.34. The second-order valence-corrected chi connectivity index (χ2v) is 4.04. The molecule has 0 amide bonds. The van der Waals surface area contributed by atoms with Crippen molar-refractivity contribution in [2.75, 3.05) is 26.7 Å². The number of aliphatic hydroxyl groups is 1. The van der Waals surface area contributed by atoms with Gasteiger partial charge in [0.1, 0.15) is 6.23 Å². The van der Waals surface area contributed by atoms with Gasteiger partial charge >= 0.3 is 0 Å². The number of aliphatic hydroxyl groups excluding tert-OH is 1. The Morgan fingerprint density at radius 2 is 2.08 bits per heavy atom. The van der Waals surface area contributed by atoms with Crippen molar-refractivity contribution in [1.82, 2.24) is 10.2 Å². The van der Waals surface area contributed by atoms with Crippen LogP contribution in [0, 0.1) is 5.92 Å². The van der Waals surface area contributed by atoms with Crippen LogP contribution in [0.5, 0.6) is 0 Å². The van der Waals surface area contributed by atoms with E-state index in [9.17, 15) is 5.11 Å². The molecule has 13 heavy (non-hydrogen) atoms. The van der Waals surface area contributed by atoms with E-state index < -0.39 is 0 Å². The van der Waals surface area contributed by atoms with Gasteiger partial charge < -0.3 is 10.0 Å². The third kappa shape index (κ3) is 3.63. The summed E-state index contributed by atoms with van der Waals surface area (Å²) in [6.45, 7) is 5.28. The first-order valence-electron chi connectivity index (χ1n) is 5.34. The maximum absolute atomic E-state index is 9.76. The molecular formula is C10H22N2O. The van der Waals surface area contributed by atoms with Crippen LogP contribution < -0.4 is 5.32 Å². The lowest BCUT2D eigenvalue weighted by molar-refractivity contribution is 0.0412. The van der Waals surface area contributed by atoms with E-state index in [0.717, 1.165) is 38.9 Å². The van der Waals surface area contributed by atoms with Crippen LogP contribution in [0.1, 0.15) is 26.2 Å². The molecule has 1 unspecified atom stereocenters. The Bertz CT molecular complexity index is 133. The van der Waals surface area contributed by atoms with Crippen LogP contribution in [-0.4, -0.2) is 42.9 Å². The van der Waals surface area contributed by atoms with Crippen molar-refractivity contribution in [2.45, 2.75) is 32.4 Å². The van der Waals surface area contributed by atoms with Crippen LogP contribution in [0.15, 0.2) is 0 Å². The maximum atomic E-state index is 9.76. The first-order chi connectivity index (χ1) is 6.24. The molecule has 1 saturated heterocycles. The van der Waals surface area contributed by atoms with Crippen molar-refractivity contribution in [1.29, 1.82) is 0 Å². The highest BCUT2D eigenvalue weighted by atomic mass is 16.3. The highest BCUT2D eigenvalue weighted by Gasteiger charge is 2.22. The van der Waals surface area contributed by atoms with Crippen molar-refractivity contribution < 1.29 is 5.11 Å². The molecule has 0 bridgehead atoms. The van der Waals surface area contributed by atoms with Crippen molar-refractivity contribution in [2.24, 2.45) is 5.92 Å². The summed E-state index contributed by atoms with van der Waals surface area (Å²) in [5.74, 6) is 0.461. The van der Waals surface area contributed by atoms with Crippen molar-refractivity contribution >= 4 is 0 Å². The number of rotatable bonds is 4. The molecule has 0 radical (unpaired) electrons. The summed E-state index contributed by atoms with van der Waals surface area (Å²) >= 11 is 0. The fourth-order valence-electron chi connectivity index (χ4n) is 1.80. The van der Waals surface area contributed by atoms with Crippen LogP contribution in [0.25, 0.3) is 0 Å². The summed E-state index contributed by atoms with van der Waals surface area (Å²) in [6.07, 6.45) is 3.04. The molecule has 78 valence electrons. The van der Waals surface area contributed by atoms with Gasteiger partial charge in [-0.1, -0.05) is 6.92 Å². The van der Waals surface area contributed by atoms with Gasteiger partial charge in [0.25, 0.3) is 0 Å². The van der Waals surface area contributed by atoms with Gasteiger partial charge in [0.2, 0.25) is 0 Å². The van der Waals surface area contributed by atoms with E-state index in [2.05, 4.69) is 24.2 Å². The molecule has 0 aliphatic carbocycles. The Hall–Kier alpha value is -0.120. The van der Waals surface area contributed by atoms with E-state index in [4.69, 9.17) is 0 Å². The Morgan fingerprint density at radius 3 is 2.62 bits per heavy atom. The molecular weight excluding hydrogens is 164 g/mol. The van der Waals surface area contributed by atoms with Gasteiger partial charge in [-0.25, -0.2) is 0 Å². The number of hydrogen-bond acceptors (Lipinski definition) is 3. The van der Waals surface area contributed by atoms with Crippen LogP contribution in [0.3, 0.4) is 0 Å². The SMILES string of the molecule is CCCNC(O)C1CCN(C)CC1. The van der Waals surface area contributed by atoms with Gasteiger partial charge in [-0.3, -0.25) is 5.32 Å². The van der Waals surface area contributed by atoms with Crippen molar-refractivity contribution in [3.63, 3.8) is 0 Å². The third-order valence-electron chi connectivity index (χ3n) is 2.81. The molecule has 1 aliphatic rings. The standard InChI is InChI=1S/C10H22N2O/c1-3-6-11-10(13)9-4-7-12(2)8-5-9/h9-11,13H,3-8H2,1-2H3. The van der Waals surface area contributed by atoms with Gasteiger partial charge in [0, 0.05) is 5.92 Å². The van der Waals surface area contributed by atoms with Gasteiger partial charge in [0.15, 0.2) is 0 Å². The van der Waals surface area contributed by atoms with Crippen molar-refractivity contribution in [3.05, 3.63) is 0 Å². The number of nitrogens with one attached hydrogen (secondary N) is 1. The Morgan fingerprint density at radius 1 is 1.46 bits per heavy atom. The second-order valence-electron chi connectivity index (χ2n) is 4.04. The molecule has 1 fully saturated rings. The zero-order valence-corrected chi connectivity index (χ0v) is 8.79. The zero-order chi connectivity index (χ0) is 9.68. The van der Waals surface area contributed by atoms with E-state index in [0.29, 0.717) is 5.92 Å². The molecule has 3 heteroatoms. The molecule has 0 aromatic carbocycles. The van der Waals surface area contributed by atoms with Gasteiger partial charge in [0.05, 0.1) is 0 Å². The topological polar surface area (TPSA) is 35.5 Å². The zero-order valence-electron chi connectivity index (χ0n) is 8.79. The van der Waals surface area contributed by atoms with E-state index in [1.54, 1.807) is 0 Å². The largest absolute Gasteiger partial charge is 0.378 e. The quantitative estimate of drug-likeness (QED) is 0.633. The summed E-state index contributed by atoms with van der Waals surface area (Å²) in [5, 5.41) is 12.9. The molecule has 1 atom stereocenters. The molecule has 0 aromatic heterocycles. The Labute approximate surface area is 81.1 Å². The van der Waals surface area contributed by atoms with Gasteiger partial charge in [-0.05, 0) is 45.9 Å². The van der Waals surface area contributed by atoms with Crippen LogP contribution in [0.2, 0.25) is 0 Å². The molecule has 2 N–H and O–H groups in total. The summed E-state index contributed by atoms with van der Waals surface area (Å²) < 4.78 is 0. The maximum Gasteiger partial charge on any atom is 0.107 e. The lowest BCUT2D eigenvalue weighted by atomic mass is 9.95. The minimum absolute atomic E-state index is 0.284. The normalized spacial score (nSPS) is 23.3. The summed E-state index contributed by atoms with van der Waals surface area (Å²) in [4.78, 5) is 2.32. The first kappa shape index (κ1) is 11.0. The highest BCUT2D eigenvalue weighted by Crippen LogP contribution is 2.18. The lowest BCUT2D eigenvalue weighted by Gasteiger charge is -2.32. The summed E-state index contributed by atoms with van der Waals surface area (Å²) in [6, 6.07) is 0. The number of hydrogen-bond donors (Lipinski definition) is 2. The fraction of sp³-hybridized carbons (Fsp3) is 1.00. The summed E-state index contributed by atoms with van der Waals surface area (Å²) in [7, 11) is 2.14. The van der Waals surface area contributed by atoms with Gasteiger partial charge in [-0.2, -0.15) is 0 Å². The van der Waals surface area contributed by atoms with Crippen LogP contribution in [0.4, 0.5) is 0 Å². The van der Waals surface area contributed by atoms with E-state index >= 15 is 0 Å². The summed E-state index contributed by atoms with van der Waals surface area (Å²) in [5.41, 5.74) is 0. The molecule has 0 saturated carbocycles.